The highest BCUT2D eigenvalue weighted by Crippen LogP contribution is 2.32. The Hall–Kier alpha value is -1.17. The molecule has 1 aromatic rings. The first-order valence-corrected chi connectivity index (χ1v) is 7.28. The van der Waals surface area contributed by atoms with Gasteiger partial charge in [0.2, 0.25) is 0 Å². The number of benzene rings is 1. The summed E-state index contributed by atoms with van der Waals surface area (Å²) in [4.78, 5) is 22.7. The third kappa shape index (κ3) is 5.61. The van der Waals surface area contributed by atoms with E-state index in [0.717, 1.165) is 0 Å². The molecule has 1 unspecified atom stereocenters. The number of halogens is 3. The molecule has 2 amide bonds. The van der Waals surface area contributed by atoms with Crippen molar-refractivity contribution >= 4 is 52.5 Å². The second kappa shape index (κ2) is 7.73. The third-order valence-corrected chi connectivity index (χ3v) is 3.81. The molecule has 1 atom stereocenters. The van der Waals surface area contributed by atoms with Gasteiger partial charge in [-0.3, -0.25) is 4.79 Å². The quantitative estimate of drug-likeness (QED) is 0.692. The predicted molar refractivity (Wildman–Crippen MR) is 84.5 cm³/mol. The van der Waals surface area contributed by atoms with Gasteiger partial charge in [0, 0.05) is 6.04 Å². The molecule has 0 saturated heterocycles. The molecular weight excluding hydrogens is 339 g/mol. The fraction of sp³-hybridized carbons (Fsp3) is 0.385. The van der Waals surface area contributed by atoms with E-state index in [2.05, 4.69) is 10.6 Å². The highest BCUT2D eigenvalue weighted by Gasteiger charge is 2.20. The molecule has 0 radical (unpaired) electrons. The van der Waals surface area contributed by atoms with Crippen LogP contribution < -0.4 is 10.6 Å². The first-order chi connectivity index (χ1) is 9.70. The molecule has 5 nitrogen and oxygen atoms in total. The van der Waals surface area contributed by atoms with E-state index in [4.69, 9.17) is 39.9 Å². The summed E-state index contributed by atoms with van der Waals surface area (Å²) in [5, 5.41) is 14.7. The largest absolute Gasteiger partial charge is 0.481 e. The number of hydrogen-bond acceptors (Lipinski definition) is 2. The van der Waals surface area contributed by atoms with Gasteiger partial charge in [-0.1, -0.05) is 48.7 Å². The number of hydrogen-bond donors (Lipinski definition) is 3. The van der Waals surface area contributed by atoms with Crippen molar-refractivity contribution in [1.29, 1.82) is 0 Å². The monoisotopic (exact) mass is 352 g/mol. The van der Waals surface area contributed by atoms with Gasteiger partial charge >= 0.3 is 12.0 Å². The molecule has 0 aliphatic heterocycles. The molecule has 0 saturated carbocycles. The zero-order valence-corrected chi connectivity index (χ0v) is 13.7. The Morgan fingerprint density at radius 2 is 1.71 bits per heavy atom. The Labute approximate surface area is 137 Å². The molecular formula is C13H15Cl3N2O3. The second-order valence-corrected chi connectivity index (χ2v) is 6.01. The zero-order valence-electron chi connectivity index (χ0n) is 11.4. The molecule has 0 spiro atoms. The van der Waals surface area contributed by atoms with Crippen molar-refractivity contribution in [3.05, 3.63) is 27.2 Å². The maximum absolute atomic E-state index is 11.9. The topological polar surface area (TPSA) is 78.4 Å². The first-order valence-electron chi connectivity index (χ1n) is 6.14. The van der Waals surface area contributed by atoms with Gasteiger partial charge < -0.3 is 15.7 Å². The molecule has 21 heavy (non-hydrogen) atoms. The number of carbonyl (C=O) groups excluding carboxylic acids is 1. The average molecular weight is 354 g/mol. The van der Waals surface area contributed by atoms with Crippen molar-refractivity contribution in [1.82, 2.24) is 5.32 Å². The fourth-order valence-electron chi connectivity index (χ4n) is 1.59. The molecule has 0 heterocycles. The van der Waals surface area contributed by atoms with Crippen LogP contribution in [-0.2, 0) is 4.79 Å². The number of urea groups is 1. The molecule has 8 heteroatoms. The highest BCUT2D eigenvalue weighted by molar-refractivity contribution is 6.44. The summed E-state index contributed by atoms with van der Waals surface area (Å²) < 4.78 is 0. The lowest BCUT2D eigenvalue weighted by atomic mass is 10.0. The highest BCUT2D eigenvalue weighted by atomic mass is 35.5. The Kier molecular flexibility index (Phi) is 6.58. The molecule has 0 aromatic heterocycles. The number of carbonyl (C=O) groups is 2. The Balaban J connectivity index is 2.76. The summed E-state index contributed by atoms with van der Waals surface area (Å²) in [6.45, 7) is 3.64. The van der Waals surface area contributed by atoms with Crippen molar-refractivity contribution in [2.45, 2.75) is 26.3 Å². The lowest BCUT2D eigenvalue weighted by Crippen LogP contribution is -2.42. The summed E-state index contributed by atoms with van der Waals surface area (Å²) >= 11 is 17.6. The molecule has 1 aromatic carbocycles. The van der Waals surface area contributed by atoms with Crippen LogP contribution in [0.1, 0.15) is 20.3 Å². The van der Waals surface area contributed by atoms with Crippen molar-refractivity contribution in [2.75, 3.05) is 5.32 Å². The molecule has 0 aliphatic rings. The van der Waals surface area contributed by atoms with Crippen molar-refractivity contribution in [2.24, 2.45) is 5.92 Å². The molecule has 0 bridgehead atoms. The predicted octanol–water partition coefficient (Wildman–Crippen LogP) is 4.27. The molecule has 0 fully saturated rings. The summed E-state index contributed by atoms with van der Waals surface area (Å²) in [6, 6.07) is 1.78. The van der Waals surface area contributed by atoms with E-state index in [1.165, 1.54) is 12.1 Å². The van der Waals surface area contributed by atoms with Gasteiger partial charge in [-0.05, 0) is 18.1 Å². The van der Waals surface area contributed by atoms with Crippen LogP contribution in [0.25, 0.3) is 0 Å². The SMILES string of the molecule is CC(C)C(CC(=O)O)NC(=O)Nc1cc(Cl)c(Cl)cc1Cl. The van der Waals surface area contributed by atoms with E-state index < -0.39 is 18.0 Å². The van der Waals surface area contributed by atoms with Crippen molar-refractivity contribution in [3.63, 3.8) is 0 Å². The molecule has 1 rings (SSSR count). The van der Waals surface area contributed by atoms with Crippen LogP contribution in [0, 0.1) is 5.92 Å². The van der Waals surface area contributed by atoms with Crippen LogP contribution >= 0.6 is 34.8 Å². The lowest BCUT2D eigenvalue weighted by molar-refractivity contribution is -0.137. The average Bonchev–Trinajstić information content (AvgIpc) is 2.34. The van der Waals surface area contributed by atoms with Crippen LogP contribution in [0.15, 0.2) is 12.1 Å². The zero-order chi connectivity index (χ0) is 16.2. The number of rotatable bonds is 5. The number of carboxylic acids is 1. The van der Waals surface area contributed by atoms with Crippen LogP contribution in [0.2, 0.25) is 15.1 Å². The van der Waals surface area contributed by atoms with Crippen LogP contribution in [0.5, 0.6) is 0 Å². The van der Waals surface area contributed by atoms with Crippen LogP contribution in [-0.4, -0.2) is 23.1 Å². The molecule has 3 N–H and O–H groups in total. The maximum Gasteiger partial charge on any atom is 0.319 e. The van der Waals surface area contributed by atoms with Gasteiger partial charge in [0.1, 0.15) is 0 Å². The Morgan fingerprint density at radius 1 is 1.14 bits per heavy atom. The van der Waals surface area contributed by atoms with Crippen LogP contribution in [0.4, 0.5) is 10.5 Å². The van der Waals surface area contributed by atoms with Gasteiger partial charge in [-0.25, -0.2) is 4.79 Å². The second-order valence-electron chi connectivity index (χ2n) is 4.79. The first kappa shape index (κ1) is 17.9. The minimum Gasteiger partial charge on any atom is -0.481 e. The Bertz CT molecular complexity index is 550. The smallest absolute Gasteiger partial charge is 0.319 e. The fourth-order valence-corrected chi connectivity index (χ4v) is 2.18. The van der Waals surface area contributed by atoms with Gasteiger partial charge in [0.15, 0.2) is 0 Å². The number of amides is 2. The van der Waals surface area contributed by atoms with Gasteiger partial charge in [-0.2, -0.15) is 0 Å². The maximum atomic E-state index is 11.9. The van der Waals surface area contributed by atoms with E-state index in [9.17, 15) is 9.59 Å². The van der Waals surface area contributed by atoms with Gasteiger partial charge in [-0.15, -0.1) is 0 Å². The molecule has 0 aliphatic carbocycles. The van der Waals surface area contributed by atoms with Gasteiger partial charge in [0.05, 0.1) is 27.2 Å². The standard InChI is InChI=1S/C13H15Cl3N2O3/c1-6(2)10(5-12(19)20)17-13(21)18-11-4-8(15)7(14)3-9(11)16/h3-4,6,10H,5H2,1-2H3,(H,19,20)(H2,17,18,21). The summed E-state index contributed by atoms with van der Waals surface area (Å²) in [6.07, 6.45) is -0.166. The normalized spacial score (nSPS) is 12.1. The van der Waals surface area contributed by atoms with Gasteiger partial charge in [0.25, 0.3) is 0 Å². The van der Waals surface area contributed by atoms with E-state index in [1.807, 2.05) is 13.8 Å². The summed E-state index contributed by atoms with van der Waals surface area (Å²) in [5.41, 5.74) is 0.293. The van der Waals surface area contributed by atoms with Crippen molar-refractivity contribution in [3.8, 4) is 0 Å². The minimum absolute atomic E-state index is 0.0314. The van der Waals surface area contributed by atoms with Crippen LogP contribution in [0.3, 0.4) is 0 Å². The van der Waals surface area contributed by atoms with E-state index >= 15 is 0 Å². The van der Waals surface area contributed by atoms with E-state index in [-0.39, 0.29) is 27.4 Å². The summed E-state index contributed by atoms with van der Waals surface area (Å²) in [7, 11) is 0. The van der Waals surface area contributed by atoms with Crippen molar-refractivity contribution < 1.29 is 14.7 Å². The Morgan fingerprint density at radius 3 is 2.24 bits per heavy atom. The number of anilines is 1. The minimum atomic E-state index is -0.985. The lowest BCUT2D eigenvalue weighted by Gasteiger charge is -2.21. The number of nitrogens with one attached hydrogen (secondary N) is 2. The van der Waals surface area contributed by atoms with E-state index in [0.29, 0.717) is 5.69 Å². The van der Waals surface area contributed by atoms with E-state index in [1.54, 1.807) is 0 Å². The number of carboxylic acid groups (broad SMARTS) is 1. The third-order valence-electron chi connectivity index (χ3n) is 2.77. The summed E-state index contributed by atoms with van der Waals surface area (Å²) in [5.74, 6) is -1.02. The molecule has 116 valence electrons. The number of aliphatic carboxylic acids is 1.